The van der Waals surface area contributed by atoms with Crippen LogP contribution in [0.3, 0.4) is 0 Å². The van der Waals surface area contributed by atoms with Gasteiger partial charge in [-0.05, 0) is 18.4 Å². The lowest BCUT2D eigenvalue weighted by atomic mass is 10.2. The molecule has 0 fully saturated rings. The summed E-state index contributed by atoms with van der Waals surface area (Å²) in [7, 11) is 1.79. The molecule has 0 radical (unpaired) electrons. The van der Waals surface area contributed by atoms with Crippen LogP contribution in [0, 0.1) is 5.82 Å². The van der Waals surface area contributed by atoms with Crippen LogP contribution in [-0.4, -0.2) is 16.0 Å². The summed E-state index contributed by atoms with van der Waals surface area (Å²) in [5, 5.41) is 4.89. The molecule has 0 spiro atoms. The van der Waals surface area contributed by atoms with E-state index in [0.717, 1.165) is 5.39 Å². The fourth-order valence-corrected chi connectivity index (χ4v) is 1.79. The second-order valence-electron chi connectivity index (χ2n) is 2.82. The van der Waals surface area contributed by atoms with Gasteiger partial charge in [0, 0.05) is 23.5 Å². The van der Waals surface area contributed by atoms with Crippen molar-refractivity contribution in [3.8, 4) is 0 Å². The van der Waals surface area contributed by atoms with E-state index in [1.54, 1.807) is 17.8 Å². The van der Waals surface area contributed by atoms with Crippen LogP contribution in [0.25, 0.3) is 10.9 Å². The van der Waals surface area contributed by atoms with Gasteiger partial charge in [-0.3, -0.25) is 4.68 Å². The van der Waals surface area contributed by atoms with Crippen LogP contribution in [0.4, 0.5) is 4.39 Å². The number of aryl methyl sites for hydroxylation is 1. The van der Waals surface area contributed by atoms with Crippen molar-refractivity contribution in [3.63, 3.8) is 0 Å². The van der Waals surface area contributed by atoms with Crippen molar-refractivity contribution in [2.75, 3.05) is 6.26 Å². The van der Waals surface area contributed by atoms with E-state index >= 15 is 0 Å². The predicted molar refractivity (Wildman–Crippen MR) is 52.5 cm³/mol. The van der Waals surface area contributed by atoms with Crippen molar-refractivity contribution in [1.29, 1.82) is 0 Å². The van der Waals surface area contributed by atoms with E-state index in [4.69, 9.17) is 0 Å². The van der Waals surface area contributed by atoms with Gasteiger partial charge in [-0.2, -0.15) is 5.10 Å². The van der Waals surface area contributed by atoms with E-state index in [1.807, 2.05) is 18.5 Å². The first kappa shape index (κ1) is 8.56. The third-order valence-corrected chi connectivity index (χ3v) is 2.67. The number of nitrogens with zero attached hydrogens (tertiary/aromatic N) is 2. The molecule has 2 rings (SSSR count). The quantitative estimate of drug-likeness (QED) is 0.652. The fraction of sp³-hybridized carbons (Fsp3) is 0.222. The molecule has 1 aromatic carbocycles. The van der Waals surface area contributed by atoms with Crippen LogP contribution >= 0.6 is 11.8 Å². The van der Waals surface area contributed by atoms with Gasteiger partial charge in [-0.1, -0.05) is 0 Å². The van der Waals surface area contributed by atoms with E-state index in [-0.39, 0.29) is 5.82 Å². The maximum atomic E-state index is 13.6. The Morgan fingerprint density at radius 2 is 2.23 bits per heavy atom. The van der Waals surface area contributed by atoms with Crippen LogP contribution in [0.15, 0.2) is 23.2 Å². The van der Waals surface area contributed by atoms with Gasteiger partial charge in [0.25, 0.3) is 0 Å². The third-order valence-electron chi connectivity index (χ3n) is 1.92. The Kier molecular flexibility index (Phi) is 2.00. The smallest absolute Gasteiger partial charge is 0.164 e. The standard InChI is InChI=1S/C9H9FN2S/c1-12-5-6-3-4-7(13-2)8(10)9(6)11-12/h3-5H,1-2H3. The Balaban J connectivity index is 2.78. The monoisotopic (exact) mass is 196 g/mol. The highest BCUT2D eigenvalue weighted by atomic mass is 32.2. The molecule has 0 N–H and O–H groups in total. The largest absolute Gasteiger partial charge is 0.274 e. The van der Waals surface area contributed by atoms with Gasteiger partial charge >= 0.3 is 0 Å². The minimum absolute atomic E-state index is 0.217. The van der Waals surface area contributed by atoms with E-state index in [1.165, 1.54) is 11.8 Å². The van der Waals surface area contributed by atoms with Gasteiger partial charge in [0.2, 0.25) is 0 Å². The minimum Gasteiger partial charge on any atom is -0.274 e. The molecule has 1 heterocycles. The summed E-state index contributed by atoms with van der Waals surface area (Å²) in [5.74, 6) is -0.217. The van der Waals surface area contributed by atoms with Gasteiger partial charge in [-0.25, -0.2) is 4.39 Å². The zero-order valence-corrected chi connectivity index (χ0v) is 8.23. The SMILES string of the molecule is CSc1ccc2cn(C)nc2c1F. The van der Waals surface area contributed by atoms with Gasteiger partial charge in [0.15, 0.2) is 5.82 Å². The Labute approximate surface area is 79.7 Å². The highest BCUT2D eigenvalue weighted by Gasteiger charge is 2.08. The normalized spacial score (nSPS) is 11.0. The van der Waals surface area contributed by atoms with Crippen molar-refractivity contribution in [1.82, 2.24) is 9.78 Å². The van der Waals surface area contributed by atoms with E-state index in [9.17, 15) is 4.39 Å². The number of benzene rings is 1. The summed E-state index contributed by atoms with van der Waals surface area (Å²) in [6.45, 7) is 0. The number of hydrogen-bond donors (Lipinski definition) is 0. The lowest BCUT2D eigenvalue weighted by Crippen LogP contribution is -1.87. The molecule has 1 aromatic heterocycles. The zero-order chi connectivity index (χ0) is 9.42. The molecule has 0 amide bonds. The minimum atomic E-state index is -0.217. The number of halogens is 1. The van der Waals surface area contributed by atoms with E-state index < -0.39 is 0 Å². The molecule has 0 atom stereocenters. The maximum absolute atomic E-state index is 13.6. The number of hydrogen-bond acceptors (Lipinski definition) is 2. The molecule has 0 unspecified atom stereocenters. The second kappa shape index (κ2) is 3.03. The van der Waals surface area contributed by atoms with Crippen molar-refractivity contribution in [3.05, 3.63) is 24.1 Å². The molecule has 0 saturated carbocycles. The fourth-order valence-electron chi connectivity index (χ4n) is 1.31. The summed E-state index contributed by atoms with van der Waals surface area (Å²) in [5.41, 5.74) is 0.453. The molecule has 0 aliphatic heterocycles. The number of aromatic nitrogens is 2. The second-order valence-corrected chi connectivity index (χ2v) is 3.67. The highest BCUT2D eigenvalue weighted by Crippen LogP contribution is 2.25. The molecular weight excluding hydrogens is 187 g/mol. The number of fused-ring (bicyclic) bond motifs is 1. The lowest BCUT2D eigenvalue weighted by Gasteiger charge is -1.97. The molecular formula is C9H9FN2S. The highest BCUT2D eigenvalue weighted by molar-refractivity contribution is 7.98. The topological polar surface area (TPSA) is 17.8 Å². The molecule has 2 nitrogen and oxygen atoms in total. The number of thioether (sulfide) groups is 1. The summed E-state index contributed by atoms with van der Waals surface area (Å²) in [4.78, 5) is 0.645. The number of rotatable bonds is 1. The molecule has 0 saturated heterocycles. The summed E-state index contributed by atoms with van der Waals surface area (Å²) < 4.78 is 15.2. The van der Waals surface area contributed by atoms with Crippen molar-refractivity contribution >= 4 is 22.7 Å². The summed E-state index contributed by atoms with van der Waals surface area (Å²) >= 11 is 1.40. The first-order valence-electron chi connectivity index (χ1n) is 3.88. The zero-order valence-electron chi connectivity index (χ0n) is 7.41. The molecule has 2 aromatic rings. The third kappa shape index (κ3) is 1.31. The summed E-state index contributed by atoms with van der Waals surface area (Å²) in [6, 6.07) is 3.67. The Morgan fingerprint density at radius 3 is 2.92 bits per heavy atom. The van der Waals surface area contributed by atoms with E-state index in [0.29, 0.717) is 10.4 Å². The van der Waals surface area contributed by atoms with Crippen molar-refractivity contribution in [2.24, 2.45) is 7.05 Å². The maximum Gasteiger partial charge on any atom is 0.164 e. The van der Waals surface area contributed by atoms with Crippen LogP contribution in [-0.2, 0) is 7.05 Å². The van der Waals surface area contributed by atoms with Gasteiger partial charge in [0.1, 0.15) is 5.52 Å². The molecule has 68 valence electrons. The van der Waals surface area contributed by atoms with Gasteiger partial charge in [-0.15, -0.1) is 11.8 Å². The first-order chi connectivity index (χ1) is 6.22. The van der Waals surface area contributed by atoms with Gasteiger partial charge in [0.05, 0.1) is 0 Å². The van der Waals surface area contributed by atoms with Crippen LogP contribution < -0.4 is 0 Å². The average molecular weight is 196 g/mol. The predicted octanol–water partition coefficient (Wildman–Crippen LogP) is 2.43. The Morgan fingerprint density at radius 1 is 1.46 bits per heavy atom. The lowest BCUT2D eigenvalue weighted by molar-refractivity contribution is 0.608. The van der Waals surface area contributed by atoms with Gasteiger partial charge < -0.3 is 0 Å². The van der Waals surface area contributed by atoms with Crippen LogP contribution in [0.2, 0.25) is 0 Å². The van der Waals surface area contributed by atoms with Crippen molar-refractivity contribution in [2.45, 2.75) is 4.90 Å². The molecule has 4 heteroatoms. The molecule has 0 aliphatic carbocycles. The average Bonchev–Trinajstić information content (AvgIpc) is 2.47. The van der Waals surface area contributed by atoms with E-state index in [2.05, 4.69) is 5.10 Å². The van der Waals surface area contributed by atoms with Crippen LogP contribution in [0.5, 0.6) is 0 Å². The molecule has 13 heavy (non-hydrogen) atoms. The Bertz CT molecular complexity index is 450. The Hall–Kier alpha value is -1.03. The molecule has 0 bridgehead atoms. The first-order valence-corrected chi connectivity index (χ1v) is 5.10. The molecule has 0 aliphatic rings. The summed E-state index contributed by atoms with van der Waals surface area (Å²) in [6.07, 6.45) is 3.66. The van der Waals surface area contributed by atoms with Crippen molar-refractivity contribution < 1.29 is 4.39 Å². The van der Waals surface area contributed by atoms with Crippen LogP contribution in [0.1, 0.15) is 0 Å².